The summed E-state index contributed by atoms with van der Waals surface area (Å²) < 4.78 is 35.1. The Hall–Kier alpha value is -1.84. The van der Waals surface area contributed by atoms with Gasteiger partial charge in [-0.1, -0.05) is 0 Å². The molecule has 0 aromatic carbocycles. The quantitative estimate of drug-likeness (QED) is 0.563. The molecule has 2 aliphatic heterocycles. The second-order valence-electron chi connectivity index (χ2n) is 6.48. The standard InChI is InChI=1S/C16H23FN4O4/c1-3-18-15-20-11-8(6-19-12(11)14(24)21-15)13-10(17)9(4-5-22)16(2,7-23)25-13/h6,8-10,13,22-23H,3-5,7H2,1-2H3,(H2,18,20,21,24)/t8?,9-,10+,13-,16+/m0/s1/i1T,22T. The molecule has 2 aliphatic rings. The van der Waals surface area contributed by atoms with Gasteiger partial charge in [-0.15, -0.1) is 0 Å². The van der Waals surface area contributed by atoms with Gasteiger partial charge >= 0.3 is 0 Å². The number of anilines is 1. The second kappa shape index (κ2) is 6.81. The third kappa shape index (κ3) is 2.96. The minimum Gasteiger partial charge on any atom is -0.396 e. The Morgan fingerprint density at radius 1 is 1.64 bits per heavy atom. The number of halogens is 1. The van der Waals surface area contributed by atoms with Gasteiger partial charge < -0.3 is 20.3 Å². The lowest BCUT2D eigenvalue weighted by Crippen LogP contribution is -2.38. The molecule has 1 saturated heterocycles. The molecule has 0 bridgehead atoms. The van der Waals surface area contributed by atoms with Crippen LogP contribution in [0.1, 0.15) is 33.2 Å². The SMILES string of the molecule is [3H]CCNc1nc2c(c(=O)[nH]1)N=CC2[C@@H]1O[C@](C)(CO)[C@@H](CCO[3H])[C@H]1F. The predicted molar refractivity (Wildman–Crippen MR) is 90.4 cm³/mol. The molecular formula is C16H23FN4O4. The van der Waals surface area contributed by atoms with Gasteiger partial charge in [-0.2, -0.15) is 0 Å². The minimum absolute atomic E-state index is 0.0191. The zero-order valence-electron chi connectivity index (χ0n) is 15.9. The highest BCUT2D eigenvalue weighted by atomic mass is 19.1. The Kier molecular flexibility index (Phi) is 4.20. The van der Waals surface area contributed by atoms with Crippen molar-refractivity contribution in [2.75, 3.05) is 25.1 Å². The highest BCUT2D eigenvalue weighted by Gasteiger charge is 2.55. The number of nitrogens with one attached hydrogen (secondary N) is 2. The van der Waals surface area contributed by atoms with E-state index in [4.69, 9.17) is 7.54 Å². The van der Waals surface area contributed by atoms with Crippen LogP contribution in [0.3, 0.4) is 0 Å². The first-order valence-corrected chi connectivity index (χ1v) is 8.17. The van der Waals surface area contributed by atoms with Crippen molar-refractivity contribution in [3.63, 3.8) is 0 Å². The summed E-state index contributed by atoms with van der Waals surface area (Å²) >= 11 is 0. The minimum atomic E-state index is -1.45. The van der Waals surface area contributed by atoms with Crippen LogP contribution >= 0.6 is 0 Å². The van der Waals surface area contributed by atoms with Gasteiger partial charge in [0.2, 0.25) is 7.38 Å². The van der Waals surface area contributed by atoms with Crippen molar-refractivity contribution in [1.29, 1.82) is 1.43 Å². The average molecular weight is 358 g/mol. The van der Waals surface area contributed by atoms with Crippen molar-refractivity contribution < 1.29 is 20.7 Å². The van der Waals surface area contributed by atoms with Crippen LogP contribution in [0.5, 0.6) is 0 Å². The highest BCUT2D eigenvalue weighted by Crippen LogP contribution is 2.46. The first-order valence-electron chi connectivity index (χ1n) is 9.29. The third-order valence-electron chi connectivity index (χ3n) is 4.88. The van der Waals surface area contributed by atoms with Gasteiger partial charge in [0.25, 0.3) is 5.56 Å². The van der Waals surface area contributed by atoms with Crippen LogP contribution in [-0.2, 0) is 4.74 Å². The number of aromatic amines is 1. The van der Waals surface area contributed by atoms with E-state index in [1.807, 2.05) is 0 Å². The molecule has 0 spiro atoms. The van der Waals surface area contributed by atoms with E-state index < -0.39 is 35.3 Å². The molecule has 3 heterocycles. The van der Waals surface area contributed by atoms with Crippen LogP contribution in [0.15, 0.2) is 9.79 Å². The maximum absolute atomic E-state index is 15.2. The molecular weight excluding hydrogens is 331 g/mol. The molecule has 25 heavy (non-hydrogen) atoms. The number of hydrogen-bond acceptors (Lipinski definition) is 7. The van der Waals surface area contributed by atoms with Crippen molar-refractivity contribution in [2.45, 2.75) is 44.0 Å². The van der Waals surface area contributed by atoms with Crippen LogP contribution < -0.4 is 10.9 Å². The zero-order chi connectivity index (χ0) is 19.6. The van der Waals surface area contributed by atoms with Gasteiger partial charge in [-0.3, -0.25) is 14.8 Å². The lowest BCUT2D eigenvalue weighted by atomic mass is 9.83. The van der Waals surface area contributed by atoms with Gasteiger partial charge in [-0.25, -0.2) is 9.37 Å². The van der Waals surface area contributed by atoms with Crippen molar-refractivity contribution in [2.24, 2.45) is 10.9 Å². The predicted octanol–water partition coefficient (Wildman–Crippen LogP) is 0.488. The molecule has 138 valence electrons. The van der Waals surface area contributed by atoms with Crippen LogP contribution in [0.4, 0.5) is 16.0 Å². The first-order chi connectivity index (χ1) is 12.9. The van der Waals surface area contributed by atoms with Gasteiger partial charge in [0, 0.05) is 26.7 Å². The summed E-state index contributed by atoms with van der Waals surface area (Å²) in [4.78, 5) is 23.2. The van der Waals surface area contributed by atoms with E-state index in [2.05, 4.69) is 25.4 Å². The molecule has 9 heteroatoms. The summed E-state index contributed by atoms with van der Waals surface area (Å²) in [6.45, 7) is 1.66. The van der Waals surface area contributed by atoms with Crippen LogP contribution in [-0.4, -0.2) is 65.5 Å². The van der Waals surface area contributed by atoms with Gasteiger partial charge in [0.05, 0.1) is 23.8 Å². The summed E-state index contributed by atoms with van der Waals surface area (Å²) in [6.07, 6.45) is -0.764. The summed E-state index contributed by atoms with van der Waals surface area (Å²) in [5.74, 6) is -1.15. The molecule has 1 fully saturated rings. The van der Waals surface area contributed by atoms with Crippen molar-refractivity contribution in [3.8, 4) is 0 Å². The lowest BCUT2D eigenvalue weighted by molar-refractivity contribution is -0.0821. The Bertz CT molecular complexity index is 764. The van der Waals surface area contributed by atoms with E-state index in [1.165, 1.54) is 6.21 Å². The number of rotatable bonds is 7. The van der Waals surface area contributed by atoms with Crippen molar-refractivity contribution >= 4 is 17.9 Å². The molecule has 4 N–H and O–H groups in total. The Morgan fingerprint density at radius 3 is 3.20 bits per heavy atom. The monoisotopic (exact) mass is 358 g/mol. The van der Waals surface area contributed by atoms with E-state index in [0.29, 0.717) is 12.2 Å². The number of hydrogen-bond donors (Lipinski definition) is 4. The van der Waals surface area contributed by atoms with E-state index >= 15 is 4.39 Å². The van der Waals surface area contributed by atoms with Crippen LogP contribution in [0.25, 0.3) is 0 Å². The smallest absolute Gasteiger partial charge is 0.278 e. The third-order valence-corrected chi connectivity index (χ3v) is 4.88. The number of H-pyrrole nitrogens is 1. The molecule has 0 amide bonds. The number of aliphatic imine (C=N–C) groups is 1. The number of alkyl halides is 1. The normalized spacial score (nSPS) is 34.7. The lowest BCUT2D eigenvalue weighted by Gasteiger charge is -2.28. The van der Waals surface area contributed by atoms with E-state index in [9.17, 15) is 9.90 Å². The molecule has 0 saturated carbocycles. The van der Waals surface area contributed by atoms with Crippen molar-refractivity contribution in [1.82, 2.24) is 9.97 Å². The molecule has 3 rings (SSSR count). The fraction of sp³-hybridized carbons (Fsp3) is 0.688. The average Bonchev–Trinajstić information content (AvgIpc) is 3.18. The van der Waals surface area contributed by atoms with E-state index in [-0.39, 0.29) is 38.2 Å². The molecule has 8 nitrogen and oxygen atoms in total. The second-order valence-corrected chi connectivity index (χ2v) is 6.48. The summed E-state index contributed by atoms with van der Waals surface area (Å²) in [6, 6.07) is 0. The number of ether oxygens (including phenoxy) is 1. The maximum Gasteiger partial charge on any atom is 0.278 e. The van der Waals surface area contributed by atoms with E-state index in [1.54, 1.807) is 6.92 Å². The molecule has 5 atom stereocenters. The number of nitrogens with zero attached hydrogens (tertiary/aromatic N) is 2. The Balaban J connectivity index is 1.89. The molecule has 0 radical (unpaired) electrons. The summed E-state index contributed by atoms with van der Waals surface area (Å²) in [5.41, 5.74) is -1.18. The zero-order valence-corrected chi connectivity index (χ0v) is 13.9. The fourth-order valence-electron chi connectivity index (χ4n) is 3.56. The number of aliphatic hydroxyl groups excluding tert-OH is 2. The Labute approximate surface area is 147 Å². The topological polar surface area (TPSA) is 120 Å². The maximum atomic E-state index is 15.2. The molecule has 1 unspecified atom stereocenters. The van der Waals surface area contributed by atoms with Gasteiger partial charge in [0.15, 0.2) is 5.69 Å². The number of aliphatic hydroxyl groups is 2. The van der Waals surface area contributed by atoms with Crippen molar-refractivity contribution in [3.05, 3.63) is 16.0 Å². The summed E-state index contributed by atoms with van der Waals surface area (Å²) in [5, 5.41) is 16.9. The van der Waals surface area contributed by atoms with Crippen LogP contribution in [0, 0.1) is 5.92 Å². The Morgan fingerprint density at radius 2 is 2.48 bits per heavy atom. The molecule has 1 aromatic heterocycles. The van der Waals surface area contributed by atoms with Crippen LogP contribution in [0.2, 0.25) is 0 Å². The van der Waals surface area contributed by atoms with Gasteiger partial charge in [-0.05, 0) is 20.2 Å². The first kappa shape index (κ1) is 15.4. The van der Waals surface area contributed by atoms with Gasteiger partial charge in [0.1, 0.15) is 12.3 Å². The summed E-state index contributed by atoms with van der Waals surface area (Å²) in [7, 11) is 0. The molecule has 1 aromatic rings. The fourth-order valence-corrected chi connectivity index (χ4v) is 3.56. The number of fused-ring (bicyclic) bond motifs is 1. The largest absolute Gasteiger partial charge is 0.396 e. The highest BCUT2D eigenvalue weighted by molar-refractivity contribution is 5.80. The number of aromatic nitrogens is 2. The molecule has 0 aliphatic carbocycles. The van der Waals surface area contributed by atoms with E-state index in [0.717, 1.165) is 0 Å².